The van der Waals surface area contributed by atoms with Crippen LogP contribution in [0.25, 0.3) is 11.1 Å². The first-order chi connectivity index (χ1) is 11.7. The third-order valence-electron chi connectivity index (χ3n) is 4.54. The van der Waals surface area contributed by atoms with Crippen molar-refractivity contribution < 1.29 is 9.53 Å². The first-order valence-corrected chi connectivity index (χ1v) is 8.48. The van der Waals surface area contributed by atoms with Gasteiger partial charge in [0, 0.05) is 6.54 Å². The molecule has 1 fully saturated rings. The van der Waals surface area contributed by atoms with E-state index in [0.29, 0.717) is 6.54 Å². The molecule has 4 heteroatoms. The van der Waals surface area contributed by atoms with Gasteiger partial charge in [0.1, 0.15) is 6.10 Å². The Bertz CT molecular complexity index is 670. The van der Waals surface area contributed by atoms with Gasteiger partial charge >= 0.3 is 0 Å². The SMILES string of the molecule is CC(NC(=O)[C@@H]1CC[C@H](CN)O1)c1ccc(-c2ccccc2)cc1. The normalized spacial score (nSPS) is 21.4. The predicted octanol–water partition coefficient (Wildman–Crippen LogP) is 3.04. The summed E-state index contributed by atoms with van der Waals surface area (Å²) in [6.45, 7) is 2.46. The quantitative estimate of drug-likeness (QED) is 0.888. The summed E-state index contributed by atoms with van der Waals surface area (Å²) in [6, 6.07) is 18.5. The van der Waals surface area contributed by atoms with Crippen molar-refractivity contribution in [1.82, 2.24) is 5.32 Å². The summed E-state index contributed by atoms with van der Waals surface area (Å²) in [5.41, 5.74) is 9.03. The number of ether oxygens (including phenoxy) is 1. The Hall–Kier alpha value is -2.17. The third-order valence-corrected chi connectivity index (χ3v) is 4.54. The number of amides is 1. The van der Waals surface area contributed by atoms with Crippen LogP contribution in [0.5, 0.6) is 0 Å². The molecule has 0 radical (unpaired) electrons. The summed E-state index contributed by atoms with van der Waals surface area (Å²) in [7, 11) is 0. The minimum atomic E-state index is -0.371. The Balaban J connectivity index is 1.61. The monoisotopic (exact) mass is 324 g/mol. The van der Waals surface area contributed by atoms with E-state index in [9.17, 15) is 4.79 Å². The zero-order valence-corrected chi connectivity index (χ0v) is 13.9. The van der Waals surface area contributed by atoms with Crippen molar-refractivity contribution >= 4 is 5.91 Å². The highest BCUT2D eigenvalue weighted by Crippen LogP contribution is 2.23. The highest BCUT2D eigenvalue weighted by molar-refractivity contribution is 5.81. The molecule has 0 aliphatic carbocycles. The van der Waals surface area contributed by atoms with Crippen molar-refractivity contribution in [1.29, 1.82) is 0 Å². The van der Waals surface area contributed by atoms with Crippen molar-refractivity contribution in [3.05, 3.63) is 60.2 Å². The summed E-state index contributed by atoms with van der Waals surface area (Å²) in [5.74, 6) is -0.0504. The van der Waals surface area contributed by atoms with Gasteiger partial charge in [0.25, 0.3) is 0 Å². The zero-order valence-electron chi connectivity index (χ0n) is 13.9. The first-order valence-electron chi connectivity index (χ1n) is 8.48. The highest BCUT2D eigenvalue weighted by Gasteiger charge is 2.30. The lowest BCUT2D eigenvalue weighted by atomic mass is 10.0. The Kier molecular flexibility index (Phi) is 5.28. The zero-order chi connectivity index (χ0) is 16.9. The number of carbonyl (C=O) groups is 1. The molecule has 3 rings (SSSR count). The Morgan fingerprint density at radius 2 is 1.79 bits per heavy atom. The van der Waals surface area contributed by atoms with E-state index in [2.05, 4.69) is 41.7 Å². The maximum atomic E-state index is 12.3. The Morgan fingerprint density at radius 1 is 1.12 bits per heavy atom. The molecule has 3 N–H and O–H groups in total. The molecule has 0 aromatic heterocycles. The van der Waals surface area contributed by atoms with Crippen LogP contribution in [0.1, 0.15) is 31.4 Å². The molecule has 1 heterocycles. The van der Waals surface area contributed by atoms with Crippen LogP contribution in [-0.4, -0.2) is 24.7 Å². The minimum absolute atomic E-state index is 0.0150. The summed E-state index contributed by atoms with van der Waals surface area (Å²) in [5, 5.41) is 3.04. The number of hydrogen-bond donors (Lipinski definition) is 2. The summed E-state index contributed by atoms with van der Waals surface area (Å²) in [4.78, 5) is 12.3. The van der Waals surface area contributed by atoms with Gasteiger partial charge in [0.05, 0.1) is 12.1 Å². The summed E-state index contributed by atoms with van der Waals surface area (Å²) in [6.07, 6.45) is 1.24. The van der Waals surface area contributed by atoms with Gasteiger partial charge in [0.2, 0.25) is 5.91 Å². The van der Waals surface area contributed by atoms with Gasteiger partial charge in [-0.2, -0.15) is 0 Å². The fraction of sp³-hybridized carbons (Fsp3) is 0.350. The first kappa shape index (κ1) is 16.7. The molecular weight excluding hydrogens is 300 g/mol. The Morgan fingerprint density at radius 3 is 2.42 bits per heavy atom. The standard InChI is InChI=1S/C20H24N2O2/c1-14(22-20(23)19-12-11-18(13-21)24-19)15-7-9-17(10-8-15)16-5-3-2-4-6-16/h2-10,14,18-19H,11-13,21H2,1H3,(H,22,23)/t14?,18-,19+/m1/s1. The molecule has 3 atom stereocenters. The van der Waals surface area contributed by atoms with Crippen molar-refractivity contribution in [3.8, 4) is 11.1 Å². The molecular formula is C20H24N2O2. The molecule has 0 spiro atoms. The van der Waals surface area contributed by atoms with Gasteiger partial charge in [-0.3, -0.25) is 4.79 Å². The van der Waals surface area contributed by atoms with Crippen LogP contribution in [-0.2, 0) is 9.53 Å². The predicted molar refractivity (Wildman–Crippen MR) is 95.4 cm³/mol. The molecule has 24 heavy (non-hydrogen) atoms. The topological polar surface area (TPSA) is 64.4 Å². The van der Waals surface area contributed by atoms with Crippen LogP contribution in [0.2, 0.25) is 0 Å². The smallest absolute Gasteiger partial charge is 0.249 e. The van der Waals surface area contributed by atoms with Crippen LogP contribution < -0.4 is 11.1 Å². The summed E-state index contributed by atoms with van der Waals surface area (Å²) >= 11 is 0. The molecule has 4 nitrogen and oxygen atoms in total. The van der Waals surface area contributed by atoms with E-state index in [4.69, 9.17) is 10.5 Å². The molecule has 1 amide bonds. The second kappa shape index (κ2) is 7.60. The molecule has 0 saturated carbocycles. The molecule has 2 aromatic rings. The van der Waals surface area contributed by atoms with Gasteiger partial charge in [-0.1, -0.05) is 54.6 Å². The molecule has 0 bridgehead atoms. The van der Waals surface area contributed by atoms with E-state index in [1.807, 2.05) is 25.1 Å². The molecule has 2 aromatic carbocycles. The molecule has 1 aliphatic heterocycles. The van der Waals surface area contributed by atoms with Gasteiger partial charge < -0.3 is 15.8 Å². The fourth-order valence-electron chi connectivity index (χ4n) is 3.06. The van der Waals surface area contributed by atoms with Crippen LogP contribution in [0.3, 0.4) is 0 Å². The maximum Gasteiger partial charge on any atom is 0.249 e. The second-order valence-electron chi connectivity index (χ2n) is 6.28. The Labute approximate surface area is 143 Å². The second-order valence-corrected chi connectivity index (χ2v) is 6.28. The molecule has 126 valence electrons. The maximum absolute atomic E-state index is 12.3. The van der Waals surface area contributed by atoms with Gasteiger partial charge in [0.15, 0.2) is 0 Å². The number of nitrogens with one attached hydrogen (secondary N) is 1. The fourth-order valence-corrected chi connectivity index (χ4v) is 3.06. The van der Waals surface area contributed by atoms with Gasteiger partial charge in [-0.25, -0.2) is 0 Å². The van der Waals surface area contributed by atoms with E-state index >= 15 is 0 Å². The number of benzene rings is 2. The average Bonchev–Trinajstić information content (AvgIpc) is 3.12. The van der Waals surface area contributed by atoms with E-state index in [1.54, 1.807) is 0 Å². The van der Waals surface area contributed by atoms with E-state index < -0.39 is 0 Å². The van der Waals surface area contributed by atoms with Gasteiger partial charge in [-0.05, 0) is 36.5 Å². The van der Waals surface area contributed by atoms with Crippen molar-refractivity contribution in [2.75, 3.05) is 6.54 Å². The average molecular weight is 324 g/mol. The van der Waals surface area contributed by atoms with Crippen molar-refractivity contribution in [2.24, 2.45) is 5.73 Å². The number of rotatable bonds is 5. The van der Waals surface area contributed by atoms with E-state index in [-0.39, 0.29) is 24.2 Å². The lowest BCUT2D eigenvalue weighted by molar-refractivity contribution is -0.132. The lowest BCUT2D eigenvalue weighted by Crippen LogP contribution is -2.36. The van der Waals surface area contributed by atoms with Gasteiger partial charge in [-0.15, -0.1) is 0 Å². The third kappa shape index (κ3) is 3.83. The highest BCUT2D eigenvalue weighted by atomic mass is 16.5. The molecule has 1 saturated heterocycles. The number of carbonyl (C=O) groups excluding carboxylic acids is 1. The van der Waals surface area contributed by atoms with Crippen molar-refractivity contribution in [3.63, 3.8) is 0 Å². The van der Waals surface area contributed by atoms with Crippen LogP contribution in [0.15, 0.2) is 54.6 Å². The van der Waals surface area contributed by atoms with Crippen LogP contribution in [0, 0.1) is 0 Å². The minimum Gasteiger partial charge on any atom is -0.364 e. The van der Waals surface area contributed by atoms with Crippen LogP contribution >= 0.6 is 0 Å². The van der Waals surface area contributed by atoms with E-state index in [1.165, 1.54) is 11.1 Å². The lowest BCUT2D eigenvalue weighted by Gasteiger charge is -2.18. The molecule has 1 aliphatic rings. The number of hydrogen-bond acceptors (Lipinski definition) is 3. The largest absolute Gasteiger partial charge is 0.364 e. The molecule has 1 unspecified atom stereocenters. The van der Waals surface area contributed by atoms with Crippen LogP contribution in [0.4, 0.5) is 0 Å². The van der Waals surface area contributed by atoms with Crippen molar-refractivity contribution in [2.45, 2.75) is 38.0 Å². The van der Waals surface area contributed by atoms with E-state index in [0.717, 1.165) is 18.4 Å². The summed E-state index contributed by atoms with van der Waals surface area (Å²) < 4.78 is 5.65. The number of nitrogens with two attached hydrogens (primary N) is 1.